The zero-order valence-corrected chi connectivity index (χ0v) is 26.3. The van der Waals surface area contributed by atoms with Crippen LogP contribution in [0.3, 0.4) is 0 Å². The first-order valence-corrected chi connectivity index (χ1v) is 17.6. The van der Waals surface area contributed by atoms with E-state index in [-0.39, 0.29) is 42.1 Å². The number of nitrogens with zero attached hydrogens (tertiary/aromatic N) is 7. The van der Waals surface area contributed by atoms with Crippen molar-refractivity contribution in [3.8, 4) is 0 Å². The second-order valence-corrected chi connectivity index (χ2v) is 15.2. The van der Waals surface area contributed by atoms with Crippen molar-refractivity contribution < 1.29 is 42.1 Å². The molecule has 244 valence electrons. The molecule has 23 heteroatoms. The average molecular weight is 698 g/mol. The Bertz CT molecular complexity index is 1990. The number of nitrogens with two attached hydrogens (primary N) is 2. The Morgan fingerprint density at radius 2 is 1.98 bits per heavy atom. The van der Waals surface area contributed by atoms with Gasteiger partial charge in [0.15, 0.2) is 35.0 Å². The van der Waals surface area contributed by atoms with Gasteiger partial charge in [0.2, 0.25) is 5.95 Å². The van der Waals surface area contributed by atoms with Gasteiger partial charge in [0.05, 0.1) is 25.3 Å². The maximum absolute atomic E-state index is 13.3. The molecule has 2 saturated carbocycles. The largest absolute Gasteiger partial charge is 0.697 e. The molecule has 2 saturated heterocycles. The normalized spacial score (nSPS) is 38.6. The van der Waals surface area contributed by atoms with Gasteiger partial charge in [-0.1, -0.05) is 0 Å². The van der Waals surface area contributed by atoms with Crippen LogP contribution in [-0.2, 0) is 43.9 Å². The number of imidazole rings is 2. The van der Waals surface area contributed by atoms with Crippen molar-refractivity contribution >= 4 is 60.9 Å². The van der Waals surface area contributed by atoms with Crippen LogP contribution >= 0.6 is 15.0 Å². The van der Waals surface area contributed by atoms with E-state index in [0.29, 0.717) is 17.6 Å². The first-order chi connectivity index (χ1) is 22.0. The Morgan fingerprint density at radius 1 is 1.20 bits per heavy atom. The lowest BCUT2D eigenvalue weighted by Crippen LogP contribution is -2.37. The van der Waals surface area contributed by atoms with Gasteiger partial charge in [0, 0.05) is 17.1 Å². The molecule has 7 N–H and O–H groups in total. The van der Waals surface area contributed by atoms with Crippen LogP contribution in [0.25, 0.3) is 22.3 Å². The number of fused-ring (bicyclic) bond motifs is 4. The molecule has 2 bridgehead atoms. The highest BCUT2D eigenvalue weighted by atomic mass is 32.5. The Morgan fingerprint density at radius 3 is 2.78 bits per heavy atom. The number of H-pyrrole nitrogens is 1. The zero-order valence-electron chi connectivity index (χ0n) is 23.7. The summed E-state index contributed by atoms with van der Waals surface area (Å²) in [4.78, 5) is 47.1. The summed E-state index contributed by atoms with van der Waals surface area (Å²) in [6, 6.07) is -0.624. The molecule has 2 aliphatic carbocycles. The van der Waals surface area contributed by atoms with Gasteiger partial charge in [-0.3, -0.25) is 18.9 Å². The number of aromatic amines is 1. The van der Waals surface area contributed by atoms with Gasteiger partial charge >= 0.3 is 15.0 Å². The van der Waals surface area contributed by atoms with E-state index < -0.39 is 68.7 Å². The quantitative estimate of drug-likeness (QED) is 0.171. The second kappa shape index (κ2) is 10.7. The van der Waals surface area contributed by atoms with Gasteiger partial charge in [-0.05, 0) is 24.1 Å². The number of methoxy groups -OCH3 is 1. The van der Waals surface area contributed by atoms with Gasteiger partial charge in [0.1, 0.15) is 42.9 Å². The minimum atomic E-state index is -4.07. The van der Waals surface area contributed by atoms with Crippen LogP contribution in [0.4, 0.5) is 11.8 Å². The molecule has 0 aromatic carbocycles. The third kappa shape index (κ3) is 4.61. The van der Waals surface area contributed by atoms with Crippen molar-refractivity contribution in [3.05, 3.63) is 29.3 Å². The summed E-state index contributed by atoms with van der Waals surface area (Å²) < 4.78 is 51.7. The third-order valence-electron chi connectivity index (χ3n) is 9.10. The monoisotopic (exact) mass is 697 g/mol. The lowest BCUT2D eigenvalue weighted by Gasteiger charge is -2.28. The molecule has 0 radical (unpaired) electrons. The molecule has 8 rings (SSSR count). The van der Waals surface area contributed by atoms with E-state index in [9.17, 15) is 19.4 Å². The van der Waals surface area contributed by atoms with Crippen molar-refractivity contribution in [3.63, 3.8) is 0 Å². The molecular formula is C23H27N10O10P2S+. The molecule has 3 unspecified atom stereocenters. The lowest BCUT2D eigenvalue weighted by atomic mass is 10.0. The molecule has 2 aliphatic heterocycles. The number of hydrogen-bond acceptors (Lipinski definition) is 17. The Labute approximate surface area is 263 Å². The van der Waals surface area contributed by atoms with Crippen molar-refractivity contribution in [2.75, 3.05) is 31.8 Å². The van der Waals surface area contributed by atoms with Crippen LogP contribution in [0.15, 0.2) is 23.8 Å². The fraction of sp³-hybridized carbons (Fsp3) is 0.565. The number of ether oxygens (including phenoxy) is 2. The molecule has 1 spiro atoms. The summed E-state index contributed by atoms with van der Waals surface area (Å²) in [6.07, 6.45) is -1.83. The SMILES string of the molecule is CO[C@H]1[C@H]2OP(O)(=S)OCC34C[C@@H]3[C@@H](n3cnc5c(N)ncnc53)[C@H](O)[C@@H]4O[P+](=O)OC[C@H]1O[C@H]2n1cnc2c(=O)[nH]c(N)nc21. The van der Waals surface area contributed by atoms with Crippen molar-refractivity contribution in [2.45, 2.75) is 49.2 Å². The Kier molecular flexibility index (Phi) is 7.06. The fourth-order valence-electron chi connectivity index (χ4n) is 6.99. The molecule has 6 heterocycles. The predicted octanol–water partition coefficient (Wildman–Crippen LogP) is -0.350. The van der Waals surface area contributed by atoms with E-state index in [2.05, 4.69) is 29.9 Å². The number of anilines is 2. The lowest BCUT2D eigenvalue weighted by molar-refractivity contribution is -0.0574. The smallest absolute Gasteiger partial charge is 0.388 e. The van der Waals surface area contributed by atoms with Crippen LogP contribution in [0.1, 0.15) is 18.7 Å². The van der Waals surface area contributed by atoms with E-state index in [1.165, 1.54) is 30.7 Å². The Balaban J connectivity index is 1.13. The van der Waals surface area contributed by atoms with Crippen molar-refractivity contribution in [2.24, 2.45) is 11.3 Å². The molecule has 4 aromatic rings. The number of aliphatic hydroxyl groups excluding tert-OH is 1. The Hall–Kier alpha value is -3.07. The highest BCUT2D eigenvalue weighted by Crippen LogP contribution is 2.71. The van der Waals surface area contributed by atoms with E-state index in [0.717, 1.165) is 0 Å². The van der Waals surface area contributed by atoms with Gasteiger partial charge < -0.3 is 40.0 Å². The number of aromatic nitrogens is 8. The molecule has 20 nitrogen and oxygen atoms in total. The van der Waals surface area contributed by atoms with Gasteiger partial charge in [-0.15, -0.1) is 9.05 Å². The minimum Gasteiger partial charge on any atom is -0.388 e. The summed E-state index contributed by atoms with van der Waals surface area (Å²) in [7, 11) is -1.43. The maximum Gasteiger partial charge on any atom is 0.697 e. The summed E-state index contributed by atoms with van der Waals surface area (Å²) in [5, 5.41) is 11.5. The van der Waals surface area contributed by atoms with E-state index in [1.807, 2.05) is 0 Å². The minimum absolute atomic E-state index is 0.0186. The number of nitrogen functional groups attached to an aromatic ring is 2. The second-order valence-electron chi connectivity index (χ2n) is 11.5. The number of hydrogen-bond donors (Lipinski definition) is 5. The zero-order chi connectivity index (χ0) is 32.1. The van der Waals surface area contributed by atoms with Gasteiger partial charge in [-0.2, -0.15) is 4.98 Å². The van der Waals surface area contributed by atoms with Gasteiger partial charge in [-0.25, -0.2) is 19.9 Å². The first-order valence-electron chi connectivity index (χ1n) is 14.0. The summed E-state index contributed by atoms with van der Waals surface area (Å²) in [5.41, 5.74) is 11.1. The van der Waals surface area contributed by atoms with Crippen LogP contribution in [0, 0.1) is 11.3 Å². The maximum atomic E-state index is 13.3. The highest BCUT2D eigenvalue weighted by Gasteiger charge is 2.75. The molecule has 4 fully saturated rings. The van der Waals surface area contributed by atoms with E-state index >= 15 is 0 Å². The predicted molar refractivity (Wildman–Crippen MR) is 158 cm³/mol. The third-order valence-corrected chi connectivity index (χ3v) is 11.4. The molecule has 0 amide bonds. The van der Waals surface area contributed by atoms with Gasteiger partial charge in [0.25, 0.3) is 5.56 Å². The standard InChI is InChI=1S/C23H26N10O10P2S/c1-38-14-9-3-39-44(36)42-16-13(34)12(32-6-28-10-17(24)26-5-27-18(10)32)8-2-23(8,16)4-40-45(37,46)43-15(14)21(41-9)33-7-29-11-19(33)30-22(25)31-20(11)35/h5-9,12-16,21,34H,2-4H2,1H3,(H5-,24,25,26,27,30,31,35,37,46)/p+1/t8-,9-,12-,13+,14-,15-,16+,21-,23?,45?/m1/s1. The summed E-state index contributed by atoms with van der Waals surface area (Å²) in [6.45, 7) is -4.60. The average Bonchev–Trinajstić information content (AvgIpc) is 3.31. The van der Waals surface area contributed by atoms with Crippen LogP contribution < -0.4 is 17.0 Å². The number of nitrogens with one attached hydrogen (secondary N) is 1. The number of aliphatic hydroxyl groups is 1. The number of rotatable bonds is 3. The van der Waals surface area contributed by atoms with Crippen molar-refractivity contribution in [1.29, 1.82) is 0 Å². The van der Waals surface area contributed by atoms with Crippen molar-refractivity contribution in [1.82, 2.24) is 39.0 Å². The first kappa shape index (κ1) is 30.3. The van der Waals surface area contributed by atoms with Crippen LogP contribution in [0.2, 0.25) is 0 Å². The summed E-state index contributed by atoms with van der Waals surface area (Å²) in [5.74, 6) is -0.261. The molecule has 4 aliphatic rings. The molecule has 11 atom stereocenters. The van der Waals surface area contributed by atoms with E-state index in [4.69, 9.17) is 50.8 Å². The fourth-order valence-corrected chi connectivity index (χ4v) is 9.30. The highest BCUT2D eigenvalue weighted by molar-refractivity contribution is 8.07. The topological polar surface area (TPSA) is 272 Å². The van der Waals surface area contributed by atoms with Crippen LogP contribution in [-0.4, -0.2) is 99.9 Å². The summed E-state index contributed by atoms with van der Waals surface area (Å²) >= 11 is 5.47. The van der Waals surface area contributed by atoms with E-state index in [1.54, 1.807) is 4.57 Å². The molecule has 46 heavy (non-hydrogen) atoms. The van der Waals surface area contributed by atoms with Crippen LogP contribution in [0.5, 0.6) is 0 Å². The molecule has 4 aromatic heterocycles. The molecular weight excluding hydrogens is 670 g/mol.